The third-order valence-corrected chi connectivity index (χ3v) is 4.16. The summed E-state index contributed by atoms with van der Waals surface area (Å²) >= 11 is 0. The summed E-state index contributed by atoms with van der Waals surface area (Å²) in [5, 5.41) is 10.8. The van der Waals surface area contributed by atoms with Crippen molar-refractivity contribution in [3.8, 4) is 0 Å². The standard InChI is InChI=1S/C20H34O3/c1-4-7-8-9-10-14-17-19(21)20(22-5-2,23-6-3)18-15-12-11-13-16-18/h11-13,15-16,19,21H,4-10,14,17H2,1-3H3. The first-order valence-electron chi connectivity index (χ1n) is 9.22. The van der Waals surface area contributed by atoms with E-state index in [4.69, 9.17) is 9.47 Å². The maximum absolute atomic E-state index is 10.8. The van der Waals surface area contributed by atoms with E-state index < -0.39 is 11.9 Å². The van der Waals surface area contributed by atoms with E-state index in [2.05, 4.69) is 6.92 Å². The molecule has 0 aliphatic carbocycles. The second-order valence-corrected chi connectivity index (χ2v) is 5.97. The first-order chi connectivity index (χ1) is 11.2. The molecule has 0 saturated heterocycles. The molecule has 1 aromatic carbocycles. The molecular weight excluding hydrogens is 288 g/mol. The van der Waals surface area contributed by atoms with Gasteiger partial charge in [0.1, 0.15) is 6.10 Å². The second kappa shape index (κ2) is 11.6. The molecule has 0 aliphatic rings. The van der Waals surface area contributed by atoms with Crippen molar-refractivity contribution in [3.63, 3.8) is 0 Å². The Hall–Kier alpha value is -0.900. The molecule has 0 amide bonds. The van der Waals surface area contributed by atoms with Gasteiger partial charge in [-0.2, -0.15) is 0 Å². The maximum atomic E-state index is 10.8. The molecular formula is C20H34O3. The van der Waals surface area contributed by atoms with E-state index in [1.54, 1.807) is 0 Å². The molecule has 1 rings (SSSR count). The molecule has 1 unspecified atom stereocenters. The summed E-state index contributed by atoms with van der Waals surface area (Å²) in [6.07, 6.45) is 7.27. The minimum atomic E-state index is -1.05. The zero-order valence-corrected chi connectivity index (χ0v) is 15.1. The summed E-state index contributed by atoms with van der Waals surface area (Å²) in [6, 6.07) is 9.82. The lowest BCUT2D eigenvalue weighted by Gasteiger charge is -2.37. The Labute approximate surface area is 142 Å². The Morgan fingerprint density at radius 2 is 1.43 bits per heavy atom. The van der Waals surface area contributed by atoms with E-state index >= 15 is 0 Å². The highest BCUT2D eigenvalue weighted by Gasteiger charge is 2.41. The molecule has 1 aromatic rings. The van der Waals surface area contributed by atoms with E-state index in [0.717, 1.165) is 18.4 Å². The molecule has 132 valence electrons. The number of aliphatic hydroxyl groups is 1. The Morgan fingerprint density at radius 1 is 0.870 bits per heavy atom. The predicted octanol–water partition coefficient (Wildman–Crippen LogP) is 5.02. The van der Waals surface area contributed by atoms with Gasteiger partial charge in [-0.05, 0) is 20.3 Å². The molecule has 3 heteroatoms. The highest BCUT2D eigenvalue weighted by atomic mass is 16.7. The van der Waals surface area contributed by atoms with Gasteiger partial charge in [0.2, 0.25) is 5.79 Å². The molecule has 3 nitrogen and oxygen atoms in total. The monoisotopic (exact) mass is 322 g/mol. The SMILES string of the molecule is CCCCCCCCC(O)C(OCC)(OCC)c1ccccc1. The Kier molecular flexibility index (Phi) is 10.2. The van der Waals surface area contributed by atoms with Gasteiger partial charge in [-0.3, -0.25) is 0 Å². The van der Waals surface area contributed by atoms with Crippen LogP contribution in [-0.4, -0.2) is 24.4 Å². The summed E-state index contributed by atoms with van der Waals surface area (Å²) in [4.78, 5) is 0. The largest absolute Gasteiger partial charge is 0.387 e. The molecule has 0 bridgehead atoms. The molecule has 0 spiro atoms. The summed E-state index contributed by atoms with van der Waals surface area (Å²) in [6.45, 7) is 7.11. The maximum Gasteiger partial charge on any atom is 0.221 e. The zero-order chi connectivity index (χ0) is 17.0. The smallest absolute Gasteiger partial charge is 0.221 e. The molecule has 0 radical (unpaired) electrons. The highest BCUT2D eigenvalue weighted by molar-refractivity contribution is 5.22. The van der Waals surface area contributed by atoms with Gasteiger partial charge in [0.15, 0.2) is 0 Å². The van der Waals surface area contributed by atoms with Gasteiger partial charge in [-0.25, -0.2) is 0 Å². The Balaban J connectivity index is 2.70. The van der Waals surface area contributed by atoms with E-state index in [1.165, 1.54) is 25.7 Å². The van der Waals surface area contributed by atoms with Crippen molar-refractivity contribution in [2.45, 2.75) is 77.6 Å². The molecule has 0 fully saturated rings. The van der Waals surface area contributed by atoms with Crippen LogP contribution in [0.2, 0.25) is 0 Å². The van der Waals surface area contributed by atoms with Crippen molar-refractivity contribution in [1.82, 2.24) is 0 Å². The quantitative estimate of drug-likeness (QED) is 0.409. The van der Waals surface area contributed by atoms with Crippen LogP contribution < -0.4 is 0 Å². The number of unbranched alkanes of at least 4 members (excludes halogenated alkanes) is 5. The van der Waals surface area contributed by atoms with Gasteiger partial charge in [0.05, 0.1) is 0 Å². The Bertz CT molecular complexity index is 385. The average molecular weight is 322 g/mol. The fraction of sp³-hybridized carbons (Fsp3) is 0.700. The molecule has 0 aliphatic heterocycles. The summed E-state index contributed by atoms with van der Waals surface area (Å²) in [5.41, 5.74) is 0.891. The van der Waals surface area contributed by atoms with Crippen LogP contribution in [0.1, 0.15) is 71.3 Å². The topological polar surface area (TPSA) is 38.7 Å². The number of rotatable bonds is 13. The van der Waals surface area contributed by atoms with Gasteiger partial charge in [-0.1, -0.05) is 75.8 Å². The van der Waals surface area contributed by atoms with E-state index in [9.17, 15) is 5.11 Å². The number of hydrogen-bond acceptors (Lipinski definition) is 3. The molecule has 23 heavy (non-hydrogen) atoms. The van der Waals surface area contributed by atoms with Gasteiger partial charge in [0, 0.05) is 18.8 Å². The first kappa shape index (κ1) is 20.1. The third kappa shape index (κ3) is 6.25. The zero-order valence-electron chi connectivity index (χ0n) is 15.1. The van der Waals surface area contributed by atoms with Gasteiger partial charge in [-0.15, -0.1) is 0 Å². The fourth-order valence-corrected chi connectivity index (χ4v) is 3.00. The van der Waals surface area contributed by atoms with Crippen molar-refractivity contribution in [1.29, 1.82) is 0 Å². The summed E-state index contributed by atoms with van der Waals surface area (Å²) in [5.74, 6) is -1.05. The number of ether oxygens (including phenoxy) is 2. The minimum Gasteiger partial charge on any atom is -0.387 e. The lowest BCUT2D eigenvalue weighted by molar-refractivity contribution is -0.291. The molecule has 0 aromatic heterocycles. The van der Waals surface area contributed by atoms with Gasteiger partial charge in [0.25, 0.3) is 0 Å². The second-order valence-electron chi connectivity index (χ2n) is 5.97. The van der Waals surface area contributed by atoms with Crippen LogP contribution in [0, 0.1) is 0 Å². The molecule has 0 heterocycles. The lowest BCUT2D eigenvalue weighted by atomic mass is 9.95. The normalized spacial score (nSPS) is 13.2. The number of benzene rings is 1. The van der Waals surface area contributed by atoms with Gasteiger partial charge >= 0.3 is 0 Å². The number of hydrogen-bond donors (Lipinski definition) is 1. The van der Waals surface area contributed by atoms with Crippen LogP contribution in [0.4, 0.5) is 0 Å². The molecule has 1 N–H and O–H groups in total. The third-order valence-electron chi connectivity index (χ3n) is 4.16. The minimum absolute atomic E-state index is 0.502. The van der Waals surface area contributed by atoms with Crippen LogP contribution in [0.5, 0.6) is 0 Å². The Morgan fingerprint density at radius 3 is 2.00 bits per heavy atom. The number of aliphatic hydroxyl groups excluding tert-OH is 1. The van der Waals surface area contributed by atoms with Crippen molar-refractivity contribution < 1.29 is 14.6 Å². The van der Waals surface area contributed by atoms with Crippen LogP contribution in [0.3, 0.4) is 0 Å². The average Bonchev–Trinajstić information content (AvgIpc) is 2.58. The first-order valence-corrected chi connectivity index (χ1v) is 9.22. The van der Waals surface area contributed by atoms with E-state index in [0.29, 0.717) is 19.6 Å². The fourth-order valence-electron chi connectivity index (χ4n) is 3.00. The molecule has 1 atom stereocenters. The van der Waals surface area contributed by atoms with Crippen LogP contribution in [0.25, 0.3) is 0 Å². The van der Waals surface area contributed by atoms with Gasteiger partial charge < -0.3 is 14.6 Å². The van der Waals surface area contributed by atoms with Crippen LogP contribution >= 0.6 is 0 Å². The summed E-state index contributed by atoms with van der Waals surface area (Å²) < 4.78 is 11.9. The predicted molar refractivity (Wildman–Crippen MR) is 95.4 cm³/mol. The van der Waals surface area contributed by atoms with E-state index in [-0.39, 0.29) is 0 Å². The molecule has 0 saturated carbocycles. The lowest BCUT2D eigenvalue weighted by Crippen LogP contribution is -2.45. The van der Waals surface area contributed by atoms with Crippen molar-refractivity contribution >= 4 is 0 Å². The van der Waals surface area contributed by atoms with Crippen molar-refractivity contribution in [3.05, 3.63) is 35.9 Å². The summed E-state index contributed by atoms with van der Waals surface area (Å²) in [7, 11) is 0. The van der Waals surface area contributed by atoms with Crippen LogP contribution in [-0.2, 0) is 15.3 Å². The van der Waals surface area contributed by atoms with Crippen molar-refractivity contribution in [2.75, 3.05) is 13.2 Å². The van der Waals surface area contributed by atoms with Crippen molar-refractivity contribution in [2.24, 2.45) is 0 Å². The highest BCUT2D eigenvalue weighted by Crippen LogP contribution is 2.34. The van der Waals surface area contributed by atoms with E-state index in [1.807, 2.05) is 44.2 Å². The van der Waals surface area contributed by atoms with Crippen LogP contribution in [0.15, 0.2) is 30.3 Å².